The maximum atomic E-state index is 12.2. The molecule has 0 saturated heterocycles. The van der Waals surface area contributed by atoms with Gasteiger partial charge in [-0.3, -0.25) is 9.59 Å². The predicted octanol–water partition coefficient (Wildman–Crippen LogP) is 5.29. The van der Waals surface area contributed by atoms with Crippen molar-refractivity contribution in [3.05, 3.63) is 0 Å². The van der Waals surface area contributed by atoms with Gasteiger partial charge in [0.15, 0.2) is 0 Å². The minimum Gasteiger partial charge on any atom is -0.465 e. The van der Waals surface area contributed by atoms with Crippen molar-refractivity contribution in [1.29, 1.82) is 0 Å². The zero-order valence-corrected chi connectivity index (χ0v) is 16.6. The molecule has 0 aromatic rings. The fraction of sp³-hybridized carbons (Fsp3) is 0.905. The van der Waals surface area contributed by atoms with Gasteiger partial charge >= 0.3 is 11.9 Å². The third-order valence-corrected chi connectivity index (χ3v) is 4.96. The van der Waals surface area contributed by atoms with Gasteiger partial charge in [-0.2, -0.15) is 0 Å². The summed E-state index contributed by atoms with van der Waals surface area (Å²) in [5, 5.41) is 0. The summed E-state index contributed by atoms with van der Waals surface area (Å²) in [4.78, 5) is 24.2. The van der Waals surface area contributed by atoms with Crippen LogP contribution in [-0.2, 0) is 19.1 Å². The molecule has 2 unspecified atom stereocenters. The highest BCUT2D eigenvalue weighted by Gasteiger charge is 2.32. The lowest BCUT2D eigenvalue weighted by atomic mass is 9.81. The number of hydrogen-bond donors (Lipinski definition) is 0. The monoisotopic (exact) mass is 354 g/mol. The van der Waals surface area contributed by atoms with Crippen LogP contribution >= 0.6 is 0 Å². The van der Waals surface area contributed by atoms with Crippen LogP contribution < -0.4 is 0 Å². The number of carbonyl (C=O) groups excluding carboxylic acids is 2. The summed E-state index contributed by atoms with van der Waals surface area (Å²) in [5.74, 6) is 0.283. The van der Waals surface area contributed by atoms with Crippen molar-refractivity contribution in [3.63, 3.8) is 0 Å². The summed E-state index contributed by atoms with van der Waals surface area (Å²) < 4.78 is 10.7. The van der Waals surface area contributed by atoms with Gasteiger partial charge in [0.1, 0.15) is 0 Å². The summed E-state index contributed by atoms with van der Waals surface area (Å²) in [6.45, 7) is 7.50. The molecule has 1 aliphatic rings. The Morgan fingerprint density at radius 2 is 1.44 bits per heavy atom. The summed E-state index contributed by atoms with van der Waals surface area (Å²) in [6, 6.07) is 0. The second-order valence-electron chi connectivity index (χ2n) is 7.85. The zero-order valence-electron chi connectivity index (χ0n) is 16.6. The van der Waals surface area contributed by atoms with Crippen molar-refractivity contribution in [1.82, 2.24) is 0 Å². The Balaban J connectivity index is 2.12. The highest BCUT2D eigenvalue weighted by molar-refractivity contribution is 5.76. The molecule has 0 radical (unpaired) electrons. The summed E-state index contributed by atoms with van der Waals surface area (Å²) in [6.07, 6.45) is 11.2. The maximum Gasteiger partial charge on any atom is 0.308 e. The lowest BCUT2D eigenvalue weighted by molar-refractivity contribution is -0.155. The van der Waals surface area contributed by atoms with Crippen LogP contribution in [0.1, 0.15) is 91.4 Å². The van der Waals surface area contributed by atoms with Gasteiger partial charge in [-0.05, 0) is 38.0 Å². The first-order valence-electron chi connectivity index (χ1n) is 10.4. The van der Waals surface area contributed by atoms with Gasteiger partial charge in [-0.1, -0.05) is 59.3 Å². The number of esters is 2. The molecule has 0 heterocycles. The van der Waals surface area contributed by atoms with E-state index in [4.69, 9.17) is 9.47 Å². The first-order valence-corrected chi connectivity index (χ1v) is 10.4. The molecule has 0 N–H and O–H groups in total. The molecule has 1 fully saturated rings. The van der Waals surface area contributed by atoms with Gasteiger partial charge in [0, 0.05) is 0 Å². The summed E-state index contributed by atoms with van der Waals surface area (Å²) in [7, 11) is 0. The van der Waals surface area contributed by atoms with E-state index in [-0.39, 0.29) is 23.8 Å². The van der Waals surface area contributed by atoms with E-state index in [1.54, 1.807) is 0 Å². The van der Waals surface area contributed by atoms with Crippen LogP contribution in [0.2, 0.25) is 0 Å². The highest BCUT2D eigenvalue weighted by atomic mass is 16.5. The fourth-order valence-corrected chi connectivity index (χ4v) is 3.41. The first-order chi connectivity index (χ1) is 12.0. The molecule has 0 spiro atoms. The predicted molar refractivity (Wildman–Crippen MR) is 100 cm³/mol. The molecule has 0 amide bonds. The number of rotatable bonds is 12. The third kappa shape index (κ3) is 9.86. The molecule has 0 aliphatic heterocycles. The van der Waals surface area contributed by atoms with Crippen molar-refractivity contribution in [3.8, 4) is 0 Å². The van der Waals surface area contributed by atoms with E-state index >= 15 is 0 Å². The van der Waals surface area contributed by atoms with Crippen molar-refractivity contribution in [2.75, 3.05) is 13.2 Å². The minimum atomic E-state index is -0.138. The van der Waals surface area contributed by atoms with Gasteiger partial charge in [-0.15, -0.1) is 0 Å². The molecule has 1 saturated carbocycles. The molecule has 0 aromatic carbocycles. The van der Waals surface area contributed by atoms with Gasteiger partial charge in [0.2, 0.25) is 0 Å². The number of carbonyl (C=O) groups is 2. The fourth-order valence-electron chi connectivity index (χ4n) is 3.41. The quantitative estimate of drug-likeness (QED) is 0.353. The van der Waals surface area contributed by atoms with Crippen LogP contribution in [0.15, 0.2) is 0 Å². The van der Waals surface area contributed by atoms with Crippen molar-refractivity contribution >= 4 is 11.9 Å². The van der Waals surface area contributed by atoms with Crippen LogP contribution in [0.5, 0.6) is 0 Å². The van der Waals surface area contributed by atoms with Crippen molar-refractivity contribution in [2.24, 2.45) is 17.8 Å². The van der Waals surface area contributed by atoms with E-state index in [9.17, 15) is 9.59 Å². The van der Waals surface area contributed by atoms with Crippen LogP contribution in [0.3, 0.4) is 0 Å². The molecular formula is C21H38O4. The van der Waals surface area contributed by atoms with Crippen LogP contribution in [0.4, 0.5) is 0 Å². The van der Waals surface area contributed by atoms with Crippen LogP contribution in [-0.4, -0.2) is 25.2 Å². The van der Waals surface area contributed by atoms with Gasteiger partial charge in [-0.25, -0.2) is 0 Å². The van der Waals surface area contributed by atoms with Gasteiger partial charge < -0.3 is 9.47 Å². The Morgan fingerprint density at radius 1 is 0.880 bits per heavy atom. The number of hydrogen-bond acceptors (Lipinski definition) is 4. The molecule has 4 nitrogen and oxygen atoms in total. The SMILES string of the molecule is CCCOC(=O)C1CCCC(C(=O)OCCCCCCCC(C)C)C1. The second kappa shape index (κ2) is 13.2. The summed E-state index contributed by atoms with van der Waals surface area (Å²) >= 11 is 0. The molecule has 0 bridgehead atoms. The largest absolute Gasteiger partial charge is 0.465 e. The van der Waals surface area contributed by atoms with Crippen LogP contribution in [0.25, 0.3) is 0 Å². The molecule has 1 aliphatic carbocycles. The Kier molecular flexibility index (Phi) is 11.6. The zero-order chi connectivity index (χ0) is 18.5. The average molecular weight is 355 g/mol. The van der Waals surface area contributed by atoms with Crippen LogP contribution in [0, 0.1) is 17.8 Å². The molecule has 0 aromatic heterocycles. The molecule has 1 rings (SSSR count). The standard InChI is InChI=1S/C21H38O4/c1-4-14-24-20(22)18-12-10-13-19(16-18)21(23)25-15-9-7-5-6-8-11-17(2)3/h17-19H,4-16H2,1-3H3. The van der Waals surface area contributed by atoms with Gasteiger partial charge in [0.25, 0.3) is 0 Å². The molecular weight excluding hydrogens is 316 g/mol. The molecule has 146 valence electrons. The molecule has 2 atom stereocenters. The lowest BCUT2D eigenvalue weighted by Crippen LogP contribution is -2.30. The third-order valence-electron chi connectivity index (χ3n) is 4.96. The Bertz CT molecular complexity index is 378. The number of unbranched alkanes of at least 4 members (excludes halogenated alkanes) is 4. The van der Waals surface area contributed by atoms with E-state index < -0.39 is 0 Å². The smallest absolute Gasteiger partial charge is 0.308 e. The van der Waals surface area contributed by atoms with E-state index in [0.29, 0.717) is 19.6 Å². The minimum absolute atomic E-state index is 0.118. The average Bonchev–Trinajstić information content (AvgIpc) is 2.61. The Labute approximate surface area is 154 Å². The highest BCUT2D eigenvalue weighted by Crippen LogP contribution is 2.30. The topological polar surface area (TPSA) is 52.6 Å². The maximum absolute atomic E-state index is 12.2. The Morgan fingerprint density at radius 3 is 2.04 bits per heavy atom. The normalized spacial score (nSPS) is 20.5. The van der Waals surface area contributed by atoms with E-state index in [0.717, 1.165) is 44.4 Å². The number of ether oxygens (including phenoxy) is 2. The van der Waals surface area contributed by atoms with Crippen molar-refractivity contribution in [2.45, 2.75) is 91.4 Å². The Hall–Kier alpha value is -1.06. The molecule has 4 heteroatoms. The van der Waals surface area contributed by atoms with E-state index in [2.05, 4.69) is 13.8 Å². The van der Waals surface area contributed by atoms with Gasteiger partial charge in [0.05, 0.1) is 25.0 Å². The molecule has 25 heavy (non-hydrogen) atoms. The lowest BCUT2D eigenvalue weighted by Gasteiger charge is -2.26. The van der Waals surface area contributed by atoms with Crippen molar-refractivity contribution < 1.29 is 19.1 Å². The van der Waals surface area contributed by atoms with E-state index in [1.807, 2.05) is 6.92 Å². The second-order valence-corrected chi connectivity index (χ2v) is 7.85. The first kappa shape index (κ1) is 22.0. The van der Waals surface area contributed by atoms with E-state index in [1.165, 1.54) is 25.7 Å². The summed E-state index contributed by atoms with van der Waals surface area (Å²) in [5.41, 5.74) is 0.